The molecule has 0 radical (unpaired) electrons. The first-order valence-electron chi connectivity index (χ1n) is 5.85. The van der Waals surface area contributed by atoms with Crippen LogP contribution in [0.15, 0.2) is 42.5 Å². The first-order chi connectivity index (χ1) is 9.06. The summed E-state index contributed by atoms with van der Waals surface area (Å²) in [6.45, 7) is 1.94. The maximum absolute atomic E-state index is 13.3. The third-order valence-electron chi connectivity index (χ3n) is 2.71. The lowest BCUT2D eigenvalue weighted by molar-refractivity contribution is -0.115. The van der Waals surface area contributed by atoms with Gasteiger partial charge in [0.2, 0.25) is 5.91 Å². The van der Waals surface area contributed by atoms with Crippen molar-refractivity contribution in [2.75, 3.05) is 5.32 Å². The highest BCUT2D eigenvalue weighted by molar-refractivity contribution is 5.92. The van der Waals surface area contributed by atoms with Crippen molar-refractivity contribution >= 4 is 11.6 Å². The minimum absolute atomic E-state index is 0.0774. The van der Waals surface area contributed by atoms with Crippen LogP contribution in [0.25, 0.3) is 0 Å². The van der Waals surface area contributed by atoms with E-state index in [4.69, 9.17) is 0 Å². The van der Waals surface area contributed by atoms with Gasteiger partial charge in [0.25, 0.3) is 0 Å². The third kappa shape index (κ3) is 3.37. The number of carbonyl (C=O) groups is 1. The van der Waals surface area contributed by atoms with E-state index in [0.717, 1.165) is 23.3 Å². The fourth-order valence-electron chi connectivity index (χ4n) is 1.69. The minimum atomic E-state index is -0.780. The van der Waals surface area contributed by atoms with Crippen molar-refractivity contribution in [1.82, 2.24) is 0 Å². The summed E-state index contributed by atoms with van der Waals surface area (Å²) in [6.07, 6.45) is 0.0774. The van der Waals surface area contributed by atoms with Gasteiger partial charge in [0.05, 0.1) is 6.42 Å². The molecule has 0 bridgehead atoms. The molecule has 19 heavy (non-hydrogen) atoms. The maximum atomic E-state index is 13.3. The molecular formula is C15H13F2NO. The van der Waals surface area contributed by atoms with Crippen molar-refractivity contribution in [2.45, 2.75) is 13.3 Å². The van der Waals surface area contributed by atoms with Crippen LogP contribution < -0.4 is 5.32 Å². The van der Waals surface area contributed by atoms with E-state index >= 15 is 0 Å². The number of hydrogen-bond donors (Lipinski definition) is 1. The fourth-order valence-corrected chi connectivity index (χ4v) is 1.69. The summed E-state index contributed by atoms with van der Waals surface area (Å²) in [6, 6.07) is 10.8. The van der Waals surface area contributed by atoms with Gasteiger partial charge >= 0.3 is 0 Å². The zero-order valence-corrected chi connectivity index (χ0v) is 10.4. The zero-order chi connectivity index (χ0) is 13.8. The Labute approximate surface area is 110 Å². The predicted molar refractivity (Wildman–Crippen MR) is 69.9 cm³/mol. The molecule has 0 spiro atoms. The summed E-state index contributed by atoms with van der Waals surface area (Å²) in [5, 5.41) is 2.25. The Kier molecular flexibility index (Phi) is 3.90. The highest BCUT2D eigenvalue weighted by atomic mass is 19.1. The van der Waals surface area contributed by atoms with Crippen LogP contribution in [-0.2, 0) is 11.2 Å². The summed E-state index contributed by atoms with van der Waals surface area (Å²) < 4.78 is 26.7. The Balaban J connectivity index is 2.07. The molecular weight excluding hydrogens is 248 g/mol. The number of amides is 1. The van der Waals surface area contributed by atoms with Gasteiger partial charge in [-0.1, -0.05) is 35.9 Å². The largest absolute Gasteiger partial charge is 0.321 e. The van der Waals surface area contributed by atoms with Gasteiger partial charge in [0.1, 0.15) is 17.3 Å². The molecule has 2 aromatic rings. The van der Waals surface area contributed by atoms with E-state index in [9.17, 15) is 13.6 Å². The van der Waals surface area contributed by atoms with Gasteiger partial charge in [0.15, 0.2) is 0 Å². The Morgan fingerprint density at radius 2 is 1.63 bits per heavy atom. The van der Waals surface area contributed by atoms with Crippen LogP contribution in [0.1, 0.15) is 11.1 Å². The maximum Gasteiger partial charge on any atom is 0.228 e. The predicted octanol–water partition coefficient (Wildman–Crippen LogP) is 3.45. The van der Waals surface area contributed by atoms with E-state index < -0.39 is 23.2 Å². The molecule has 0 saturated carbocycles. The Morgan fingerprint density at radius 1 is 1.05 bits per heavy atom. The number of carbonyl (C=O) groups excluding carboxylic acids is 1. The molecule has 4 heteroatoms. The Hall–Kier alpha value is -2.23. The zero-order valence-electron chi connectivity index (χ0n) is 10.4. The summed E-state index contributed by atoms with van der Waals surface area (Å²) in [4.78, 5) is 11.7. The quantitative estimate of drug-likeness (QED) is 0.900. The molecule has 2 aromatic carbocycles. The third-order valence-corrected chi connectivity index (χ3v) is 2.71. The van der Waals surface area contributed by atoms with E-state index in [0.29, 0.717) is 0 Å². The number of halogens is 2. The number of aryl methyl sites for hydroxylation is 1. The van der Waals surface area contributed by atoms with Crippen LogP contribution in [0.2, 0.25) is 0 Å². The molecule has 1 N–H and O–H groups in total. The number of benzene rings is 2. The van der Waals surface area contributed by atoms with Gasteiger partial charge in [-0.15, -0.1) is 0 Å². The average molecular weight is 261 g/mol. The van der Waals surface area contributed by atoms with Gasteiger partial charge in [-0.3, -0.25) is 4.79 Å². The first-order valence-corrected chi connectivity index (χ1v) is 5.85. The standard InChI is InChI=1S/C15H13F2NO/c1-10-5-7-11(8-6-10)9-14(19)18-15-12(16)3-2-4-13(15)17/h2-8H,9H2,1H3,(H,18,19). The van der Waals surface area contributed by atoms with Crippen molar-refractivity contribution in [2.24, 2.45) is 0 Å². The molecule has 1 amide bonds. The molecule has 2 rings (SSSR count). The van der Waals surface area contributed by atoms with E-state index in [1.807, 2.05) is 31.2 Å². The van der Waals surface area contributed by atoms with Gasteiger partial charge in [-0.05, 0) is 24.6 Å². The van der Waals surface area contributed by atoms with Crippen LogP contribution in [0.4, 0.5) is 14.5 Å². The van der Waals surface area contributed by atoms with Crippen LogP contribution in [0, 0.1) is 18.6 Å². The van der Waals surface area contributed by atoms with Crippen LogP contribution in [-0.4, -0.2) is 5.91 Å². The normalized spacial score (nSPS) is 10.3. The van der Waals surface area contributed by atoms with E-state index in [1.165, 1.54) is 6.07 Å². The molecule has 0 aromatic heterocycles. The summed E-state index contributed by atoms with van der Waals surface area (Å²) in [7, 11) is 0. The molecule has 98 valence electrons. The van der Waals surface area contributed by atoms with Crippen molar-refractivity contribution in [3.63, 3.8) is 0 Å². The smallest absolute Gasteiger partial charge is 0.228 e. The fraction of sp³-hybridized carbons (Fsp3) is 0.133. The lowest BCUT2D eigenvalue weighted by Gasteiger charge is -2.07. The molecule has 0 saturated heterocycles. The van der Waals surface area contributed by atoms with E-state index in [1.54, 1.807) is 0 Å². The first kappa shape index (κ1) is 13.2. The molecule has 0 heterocycles. The van der Waals surface area contributed by atoms with Crippen molar-refractivity contribution in [3.8, 4) is 0 Å². The van der Waals surface area contributed by atoms with Crippen LogP contribution in [0.5, 0.6) is 0 Å². The second-order valence-corrected chi connectivity index (χ2v) is 4.31. The summed E-state index contributed by atoms with van der Waals surface area (Å²) >= 11 is 0. The lowest BCUT2D eigenvalue weighted by atomic mass is 10.1. The number of rotatable bonds is 3. The number of anilines is 1. The number of nitrogens with one attached hydrogen (secondary N) is 1. The lowest BCUT2D eigenvalue weighted by Crippen LogP contribution is -2.16. The highest BCUT2D eigenvalue weighted by Crippen LogP contribution is 2.18. The molecule has 0 atom stereocenters. The highest BCUT2D eigenvalue weighted by Gasteiger charge is 2.12. The van der Waals surface area contributed by atoms with E-state index in [-0.39, 0.29) is 6.42 Å². The van der Waals surface area contributed by atoms with E-state index in [2.05, 4.69) is 5.32 Å². The molecule has 0 fully saturated rings. The van der Waals surface area contributed by atoms with Gasteiger partial charge in [-0.2, -0.15) is 0 Å². The minimum Gasteiger partial charge on any atom is -0.321 e. The summed E-state index contributed by atoms with van der Waals surface area (Å²) in [5.41, 5.74) is 1.48. The number of hydrogen-bond acceptors (Lipinski definition) is 1. The molecule has 0 aliphatic rings. The SMILES string of the molecule is Cc1ccc(CC(=O)Nc2c(F)cccc2F)cc1. The van der Waals surface area contributed by atoms with Gasteiger partial charge in [0, 0.05) is 0 Å². The van der Waals surface area contributed by atoms with Crippen molar-refractivity contribution in [3.05, 3.63) is 65.2 Å². The topological polar surface area (TPSA) is 29.1 Å². The Morgan fingerprint density at radius 3 is 2.21 bits per heavy atom. The molecule has 2 nitrogen and oxygen atoms in total. The Bertz CT molecular complexity index is 573. The van der Waals surface area contributed by atoms with Crippen molar-refractivity contribution < 1.29 is 13.6 Å². The van der Waals surface area contributed by atoms with Crippen LogP contribution in [0.3, 0.4) is 0 Å². The second-order valence-electron chi connectivity index (χ2n) is 4.31. The molecule has 0 aliphatic heterocycles. The summed E-state index contributed by atoms with van der Waals surface area (Å²) in [5.74, 6) is -2.01. The average Bonchev–Trinajstić information content (AvgIpc) is 2.37. The van der Waals surface area contributed by atoms with Gasteiger partial charge < -0.3 is 5.32 Å². The number of para-hydroxylation sites is 1. The second kappa shape index (κ2) is 5.61. The monoisotopic (exact) mass is 261 g/mol. The van der Waals surface area contributed by atoms with Crippen molar-refractivity contribution in [1.29, 1.82) is 0 Å². The van der Waals surface area contributed by atoms with Crippen LogP contribution >= 0.6 is 0 Å². The molecule has 0 aliphatic carbocycles. The molecule has 0 unspecified atom stereocenters. The van der Waals surface area contributed by atoms with Gasteiger partial charge in [-0.25, -0.2) is 8.78 Å².